The number of rotatable bonds is 3. The summed E-state index contributed by atoms with van der Waals surface area (Å²) in [6.07, 6.45) is 0.859. The lowest BCUT2D eigenvalue weighted by molar-refractivity contribution is 0.0929. The van der Waals surface area contributed by atoms with Gasteiger partial charge in [-0.05, 0) is 25.5 Å². The van der Waals surface area contributed by atoms with Crippen LogP contribution in [0.1, 0.15) is 22.5 Å². The maximum Gasteiger partial charge on any atom is 0.251 e. The van der Waals surface area contributed by atoms with Crippen LogP contribution in [0.2, 0.25) is 0 Å². The minimum atomic E-state index is -0.123. The van der Waals surface area contributed by atoms with Crippen molar-refractivity contribution in [3.05, 3.63) is 23.4 Å². The van der Waals surface area contributed by atoms with E-state index in [2.05, 4.69) is 15.7 Å². The molecule has 1 saturated heterocycles. The molecule has 0 radical (unpaired) electrons. The molecule has 1 aromatic heterocycles. The molecule has 0 aliphatic carbocycles. The molecule has 1 unspecified atom stereocenters. The third kappa shape index (κ3) is 2.92. The lowest BCUT2D eigenvalue weighted by Gasteiger charge is -2.11. The highest BCUT2D eigenvalue weighted by Crippen LogP contribution is 2.10. The molecular weight excluding hydrogens is 220 g/mol. The van der Waals surface area contributed by atoms with Gasteiger partial charge in [-0.15, -0.1) is 0 Å². The summed E-state index contributed by atoms with van der Waals surface area (Å²) >= 11 is 0. The summed E-state index contributed by atoms with van der Waals surface area (Å²) < 4.78 is 5.20. The number of aryl methyl sites for hydroxylation is 1. The van der Waals surface area contributed by atoms with Crippen molar-refractivity contribution < 1.29 is 9.53 Å². The van der Waals surface area contributed by atoms with E-state index in [1.807, 2.05) is 6.92 Å². The second kappa shape index (κ2) is 5.11. The van der Waals surface area contributed by atoms with E-state index >= 15 is 0 Å². The van der Waals surface area contributed by atoms with Gasteiger partial charge in [0.1, 0.15) is 5.82 Å². The van der Waals surface area contributed by atoms with E-state index in [0.29, 0.717) is 24.6 Å². The van der Waals surface area contributed by atoms with Gasteiger partial charge in [0.2, 0.25) is 0 Å². The molecule has 0 saturated carbocycles. The highest BCUT2D eigenvalue weighted by atomic mass is 16.5. The fraction of sp³-hybridized carbons (Fsp3) is 0.455. The van der Waals surface area contributed by atoms with Crippen LogP contribution in [0.15, 0.2) is 12.1 Å². The van der Waals surface area contributed by atoms with Crippen molar-refractivity contribution in [3.63, 3.8) is 0 Å². The van der Waals surface area contributed by atoms with E-state index in [4.69, 9.17) is 10.6 Å². The van der Waals surface area contributed by atoms with Crippen molar-refractivity contribution in [2.75, 3.05) is 18.6 Å². The minimum Gasteiger partial charge on any atom is -0.379 e. The molecule has 6 nitrogen and oxygen atoms in total. The Hall–Kier alpha value is -1.66. The van der Waals surface area contributed by atoms with Crippen LogP contribution in [-0.4, -0.2) is 30.1 Å². The number of hydrogen-bond donors (Lipinski definition) is 3. The number of nitrogens with one attached hydrogen (secondary N) is 2. The Bertz CT molecular complexity index is 416. The Kier molecular flexibility index (Phi) is 3.55. The first-order chi connectivity index (χ1) is 8.19. The van der Waals surface area contributed by atoms with Crippen LogP contribution in [0.3, 0.4) is 0 Å². The average molecular weight is 236 g/mol. The van der Waals surface area contributed by atoms with Crippen molar-refractivity contribution in [3.8, 4) is 0 Å². The summed E-state index contributed by atoms with van der Waals surface area (Å²) in [5, 5.41) is 2.91. The third-order valence-corrected chi connectivity index (χ3v) is 2.63. The Morgan fingerprint density at radius 1 is 1.59 bits per heavy atom. The molecule has 0 bridgehead atoms. The summed E-state index contributed by atoms with van der Waals surface area (Å²) in [5.41, 5.74) is 3.74. The summed E-state index contributed by atoms with van der Waals surface area (Å²) in [5.74, 6) is 5.65. The second-order valence-corrected chi connectivity index (χ2v) is 4.06. The summed E-state index contributed by atoms with van der Waals surface area (Å²) in [6, 6.07) is 3.45. The van der Waals surface area contributed by atoms with E-state index in [-0.39, 0.29) is 11.9 Å². The molecule has 1 aromatic rings. The molecule has 2 heterocycles. The second-order valence-electron chi connectivity index (χ2n) is 4.06. The summed E-state index contributed by atoms with van der Waals surface area (Å²) in [7, 11) is 0. The average Bonchev–Trinajstić information content (AvgIpc) is 2.81. The molecule has 1 aliphatic rings. The highest BCUT2D eigenvalue weighted by Gasteiger charge is 2.19. The van der Waals surface area contributed by atoms with Crippen molar-refractivity contribution >= 4 is 11.7 Å². The number of pyridine rings is 1. The van der Waals surface area contributed by atoms with E-state index in [1.165, 1.54) is 0 Å². The van der Waals surface area contributed by atoms with Crippen molar-refractivity contribution in [1.29, 1.82) is 0 Å². The molecule has 17 heavy (non-hydrogen) atoms. The number of nitrogen functional groups attached to an aromatic ring is 1. The predicted molar refractivity (Wildman–Crippen MR) is 63.5 cm³/mol. The Morgan fingerprint density at radius 2 is 2.41 bits per heavy atom. The van der Waals surface area contributed by atoms with E-state index in [0.717, 1.165) is 12.1 Å². The third-order valence-electron chi connectivity index (χ3n) is 2.63. The standard InChI is InChI=1S/C11H16N4O2/c1-7-4-8(5-10(13-7)15-12)11(16)14-9-2-3-17-6-9/h4-5,9H,2-3,6,12H2,1H3,(H,13,15)(H,14,16). The van der Waals surface area contributed by atoms with Crippen LogP contribution in [0, 0.1) is 6.92 Å². The smallest absolute Gasteiger partial charge is 0.251 e. The van der Waals surface area contributed by atoms with Gasteiger partial charge in [0.25, 0.3) is 5.91 Å². The Morgan fingerprint density at radius 3 is 3.06 bits per heavy atom. The zero-order chi connectivity index (χ0) is 12.3. The number of amides is 1. The van der Waals surface area contributed by atoms with Gasteiger partial charge in [-0.3, -0.25) is 4.79 Å². The number of anilines is 1. The molecular formula is C11H16N4O2. The Balaban J connectivity index is 2.09. The summed E-state index contributed by atoms with van der Waals surface area (Å²) in [6.45, 7) is 3.10. The van der Waals surface area contributed by atoms with Gasteiger partial charge in [-0.1, -0.05) is 0 Å². The fourth-order valence-corrected chi connectivity index (χ4v) is 1.79. The van der Waals surface area contributed by atoms with Gasteiger partial charge in [0, 0.05) is 17.9 Å². The van der Waals surface area contributed by atoms with Gasteiger partial charge in [-0.2, -0.15) is 0 Å². The number of nitrogens with zero attached hydrogens (tertiary/aromatic N) is 1. The monoisotopic (exact) mass is 236 g/mol. The zero-order valence-corrected chi connectivity index (χ0v) is 9.69. The van der Waals surface area contributed by atoms with E-state index in [9.17, 15) is 4.79 Å². The van der Waals surface area contributed by atoms with Crippen LogP contribution in [0.5, 0.6) is 0 Å². The predicted octanol–water partition coefficient (Wildman–Crippen LogP) is 0.194. The fourth-order valence-electron chi connectivity index (χ4n) is 1.79. The molecule has 0 aromatic carbocycles. The normalized spacial score (nSPS) is 19.1. The maximum absolute atomic E-state index is 12.0. The largest absolute Gasteiger partial charge is 0.379 e. The lowest BCUT2D eigenvalue weighted by Crippen LogP contribution is -2.35. The highest BCUT2D eigenvalue weighted by molar-refractivity contribution is 5.95. The van der Waals surface area contributed by atoms with Crippen LogP contribution in [-0.2, 0) is 4.74 Å². The van der Waals surface area contributed by atoms with Crippen molar-refractivity contribution in [2.24, 2.45) is 5.84 Å². The van der Waals surface area contributed by atoms with Crippen LogP contribution in [0.4, 0.5) is 5.82 Å². The molecule has 92 valence electrons. The molecule has 0 spiro atoms. The quantitative estimate of drug-likeness (QED) is 0.515. The number of nitrogens with two attached hydrogens (primary N) is 1. The van der Waals surface area contributed by atoms with Gasteiger partial charge in [-0.25, -0.2) is 10.8 Å². The van der Waals surface area contributed by atoms with Gasteiger partial charge in [0.15, 0.2) is 0 Å². The molecule has 6 heteroatoms. The first-order valence-electron chi connectivity index (χ1n) is 5.53. The SMILES string of the molecule is Cc1cc(C(=O)NC2CCOC2)cc(NN)n1. The topological polar surface area (TPSA) is 89.3 Å². The number of ether oxygens (including phenoxy) is 1. The van der Waals surface area contributed by atoms with Gasteiger partial charge in [0.05, 0.1) is 12.6 Å². The molecule has 1 amide bonds. The number of carbonyl (C=O) groups excluding carboxylic acids is 1. The van der Waals surface area contributed by atoms with Gasteiger partial charge < -0.3 is 15.5 Å². The van der Waals surface area contributed by atoms with Crippen LogP contribution < -0.4 is 16.6 Å². The zero-order valence-electron chi connectivity index (χ0n) is 9.69. The molecule has 1 fully saturated rings. The number of hydrazine groups is 1. The van der Waals surface area contributed by atoms with E-state index in [1.54, 1.807) is 12.1 Å². The lowest BCUT2D eigenvalue weighted by atomic mass is 10.2. The Labute approximate surface area is 99.5 Å². The number of carbonyl (C=O) groups is 1. The maximum atomic E-state index is 12.0. The summed E-state index contributed by atoms with van der Waals surface area (Å²) in [4.78, 5) is 16.1. The molecule has 4 N–H and O–H groups in total. The molecule has 2 rings (SSSR count). The van der Waals surface area contributed by atoms with Crippen molar-refractivity contribution in [2.45, 2.75) is 19.4 Å². The van der Waals surface area contributed by atoms with E-state index < -0.39 is 0 Å². The van der Waals surface area contributed by atoms with Gasteiger partial charge >= 0.3 is 0 Å². The first-order valence-corrected chi connectivity index (χ1v) is 5.53. The first kappa shape index (κ1) is 11.8. The van der Waals surface area contributed by atoms with Crippen LogP contribution >= 0.6 is 0 Å². The molecule has 1 atom stereocenters. The number of hydrogen-bond acceptors (Lipinski definition) is 5. The minimum absolute atomic E-state index is 0.102. The van der Waals surface area contributed by atoms with Crippen molar-refractivity contribution in [1.82, 2.24) is 10.3 Å². The van der Waals surface area contributed by atoms with Crippen LogP contribution in [0.25, 0.3) is 0 Å². The number of aromatic nitrogens is 1. The molecule has 1 aliphatic heterocycles.